The van der Waals surface area contributed by atoms with Crippen molar-refractivity contribution in [3.8, 4) is 17.4 Å². The van der Waals surface area contributed by atoms with Crippen LogP contribution in [-0.4, -0.2) is 12.1 Å². The molecule has 106 valence electrons. The first-order chi connectivity index (χ1) is 9.41. The van der Waals surface area contributed by atoms with Crippen molar-refractivity contribution < 1.29 is 22.6 Å². The number of aromatic nitrogens is 1. The molecular formula is C13H11F3N2O2. The molecule has 0 spiro atoms. The van der Waals surface area contributed by atoms with Crippen LogP contribution in [0.3, 0.4) is 0 Å². The van der Waals surface area contributed by atoms with Gasteiger partial charge in [-0.1, -0.05) is 0 Å². The number of benzene rings is 1. The van der Waals surface area contributed by atoms with Gasteiger partial charge < -0.3 is 15.2 Å². The highest BCUT2D eigenvalue weighted by atomic mass is 19.4. The summed E-state index contributed by atoms with van der Waals surface area (Å²) in [5, 5.41) is 0. The molecule has 0 unspecified atom stereocenters. The van der Waals surface area contributed by atoms with Crippen LogP contribution in [0.2, 0.25) is 0 Å². The molecule has 0 bridgehead atoms. The van der Waals surface area contributed by atoms with Gasteiger partial charge in [-0.2, -0.15) is 13.2 Å². The fourth-order valence-corrected chi connectivity index (χ4v) is 1.58. The molecule has 0 saturated carbocycles. The van der Waals surface area contributed by atoms with E-state index in [1.165, 1.54) is 37.6 Å². The van der Waals surface area contributed by atoms with Gasteiger partial charge in [0.25, 0.3) is 0 Å². The molecule has 1 aromatic heterocycles. The molecule has 1 heterocycles. The number of alkyl halides is 3. The molecule has 0 radical (unpaired) electrons. The van der Waals surface area contributed by atoms with Gasteiger partial charge in [0.15, 0.2) is 0 Å². The summed E-state index contributed by atoms with van der Waals surface area (Å²) < 4.78 is 48.5. The molecule has 4 nitrogen and oxygen atoms in total. The van der Waals surface area contributed by atoms with Gasteiger partial charge in [-0.05, 0) is 24.3 Å². The van der Waals surface area contributed by atoms with E-state index in [0.717, 1.165) is 6.07 Å². The first-order valence-corrected chi connectivity index (χ1v) is 5.55. The zero-order chi connectivity index (χ0) is 14.8. The minimum absolute atomic E-state index is 0.146. The lowest BCUT2D eigenvalue weighted by Gasteiger charge is -2.13. The van der Waals surface area contributed by atoms with Gasteiger partial charge in [0.1, 0.15) is 17.1 Å². The summed E-state index contributed by atoms with van der Waals surface area (Å²) in [7, 11) is 1.44. The average Bonchev–Trinajstić information content (AvgIpc) is 2.38. The normalized spacial score (nSPS) is 11.2. The number of rotatable bonds is 3. The highest BCUT2D eigenvalue weighted by Gasteiger charge is 2.35. The second kappa shape index (κ2) is 5.28. The standard InChI is InChI=1S/C13H11F3N2O2/c1-19-11-5-4-8(7-10(11)17)20-12-9(13(14,15)16)3-2-6-18-12/h2-7H,17H2,1H3. The van der Waals surface area contributed by atoms with Gasteiger partial charge in [0.2, 0.25) is 5.88 Å². The molecule has 2 N–H and O–H groups in total. The van der Waals surface area contributed by atoms with Crippen LogP contribution in [0.5, 0.6) is 17.4 Å². The first kappa shape index (κ1) is 14.0. The average molecular weight is 284 g/mol. The van der Waals surface area contributed by atoms with Crippen LogP contribution in [0.25, 0.3) is 0 Å². The molecule has 0 amide bonds. The number of pyridine rings is 1. The predicted octanol–water partition coefficient (Wildman–Crippen LogP) is 3.48. The predicted molar refractivity (Wildman–Crippen MR) is 66.7 cm³/mol. The van der Waals surface area contributed by atoms with Crippen LogP contribution in [0.4, 0.5) is 18.9 Å². The van der Waals surface area contributed by atoms with Crippen molar-refractivity contribution in [3.05, 3.63) is 42.1 Å². The summed E-state index contributed by atoms with van der Waals surface area (Å²) in [4.78, 5) is 3.60. The molecule has 0 fully saturated rings. The Bertz CT molecular complexity index is 615. The molecular weight excluding hydrogens is 273 g/mol. The molecule has 7 heteroatoms. The maximum Gasteiger partial charge on any atom is 0.421 e. The maximum atomic E-state index is 12.8. The van der Waals surface area contributed by atoms with Crippen molar-refractivity contribution in [2.75, 3.05) is 12.8 Å². The van der Waals surface area contributed by atoms with Gasteiger partial charge in [-0.25, -0.2) is 4.98 Å². The summed E-state index contributed by atoms with van der Waals surface area (Å²) in [6, 6.07) is 6.41. The van der Waals surface area contributed by atoms with E-state index in [9.17, 15) is 13.2 Å². The van der Waals surface area contributed by atoms with E-state index in [0.29, 0.717) is 5.75 Å². The molecule has 0 atom stereocenters. The lowest BCUT2D eigenvalue weighted by molar-refractivity contribution is -0.138. The molecule has 20 heavy (non-hydrogen) atoms. The van der Waals surface area contributed by atoms with E-state index in [1.54, 1.807) is 0 Å². The second-order valence-electron chi connectivity index (χ2n) is 3.86. The van der Waals surface area contributed by atoms with Crippen LogP contribution < -0.4 is 15.2 Å². The van der Waals surface area contributed by atoms with Gasteiger partial charge in [-0.15, -0.1) is 0 Å². The van der Waals surface area contributed by atoms with Crippen molar-refractivity contribution in [1.29, 1.82) is 0 Å². The summed E-state index contributed by atoms with van der Waals surface area (Å²) in [6.45, 7) is 0. The highest BCUT2D eigenvalue weighted by molar-refractivity contribution is 5.56. The number of nitrogens with two attached hydrogens (primary N) is 1. The van der Waals surface area contributed by atoms with Gasteiger partial charge in [0.05, 0.1) is 12.8 Å². The summed E-state index contributed by atoms with van der Waals surface area (Å²) in [6.07, 6.45) is -3.32. The van der Waals surface area contributed by atoms with Gasteiger partial charge in [-0.3, -0.25) is 0 Å². The van der Waals surface area contributed by atoms with E-state index in [-0.39, 0.29) is 11.4 Å². The number of hydrogen-bond donors (Lipinski definition) is 1. The minimum Gasteiger partial charge on any atom is -0.495 e. The molecule has 2 rings (SSSR count). The van der Waals surface area contributed by atoms with Crippen molar-refractivity contribution >= 4 is 5.69 Å². The Morgan fingerprint density at radius 3 is 2.55 bits per heavy atom. The molecule has 0 aliphatic rings. The minimum atomic E-state index is -4.54. The van der Waals surface area contributed by atoms with E-state index in [4.69, 9.17) is 15.2 Å². The fourth-order valence-electron chi connectivity index (χ4n) is 1.58. The van der Waals surface area contributed by atoms with Crippen molar-refractivity contribution in [2.45, 2.75) is 6.18 Å². The maximum absolute atomic E-state index is 12.8. The van der Waals surface area contributed by atoms with Crippen LogP contribution in [0.15, 0.2) is 36.5 Å². The van der Waals surface area contributed by atoms with Gasteiger partial charge >= 0.3 is 6.18 Å². The number of nitrogens with zero attached hydrogens (tertiary/aromatic N) is 1. The third-order valence-electron chi connectivity index (χ3n) is 2.49. The summed E-state index contributed by atoms with van der Waals surface area (Å²) in [5.74, 6) is 0.0338. The topological polar surface area (TPSA) is 57.4 Å². The van der Waals surface area contributed by atoms with Gasteiger partial charge in [0, 0.05) is 12.3 Å². The van der Waals surface area contributed by atoms with E-state index in [1.807, 2.05) is 0 Å². The van der Waals surface area contributed by atoms with E-state index < -0.39 is 17.6 Å². The van der Waals surface area contributed by atoms with E-state index in [2.05, 4.69) is 4.98 Å². The molecule has 2 aromatic rings. The number of ether oxygens (including phenoxy) is 2. The number of methoxy groups -OCH3 is 1. The number of halogens is 3. The van der Waals surface area contributed by atoms with Crippen molar-refractivity contribution in [3.63, 3.8) is 0 Å². The Morgan fingerprint density at radius 2 is 1.95 bits per heavy atom. The Kier molecular flexibility index (Phi) is 3.69. The number of nitrogen functional groups attached to an aromatic ring is 1. The second-order valence-corrected chi connectivity index (χ2v) is 3.86. The fraction of sp³-hybridized carbons (Fsp3) is 0.154. The Balaban J connectivity index is 2.33. The summed E-state index contributed by atoms with van der Waals surface area (Å²) in [5.41, 5.74) is 4.97. The quantitative estimate of drug-likeness (QED) is 0.877. The molecule has 0 saturated heterocycles. The van der Waals surface area contributed by atoms with Crippen LogP contribution in [0, 0.1) is 0 Å². The lowest BCUT2D eigenvalue weighted by Crippen LogP contribution is -2.08. The Labute approximate surface area is 113 Å². The number of anilines is 1. The SMILES string of the molecule is COc1ccc(Oc2ncccc2C(F)(F)F)cc1N. The third-order valence-corrected chi connectivity index (χ3v) is 2.49. The lowest BCUT2D eigenvalue weighted by atomic mass is 10.2. The van der Waals surface area contributed by atoms with Crippen molar-refractivity contribution in [1.82, 2.24) is 4.98 Å². The third kappa shape index (κ3) is 2.93. The first-order valence-electron chi connectivity index (χ1n) is 5.55. The molecule has 0 aliphatic heterocycles. The monoisotopic (exact) mass is 284 g/mol. The molecule has 0 aliphatic carbocycles. The van der Waals surface area contributed by atoms with Crippen LogP contribution in [0.1, 0.15) is 5.56 Å². The smallest absolute Gasteiger partial charge is 0.421 e. The zero-order valence-corrected chi connectivity index (χ0v) is 10.4. The van der Waals surface area contributed by atoms with Crippen molar-refractivity contribution in [2.24, 2.45) is 0 Å². The Morgan fingerprint density at radius 1 is 1.20 bits per heavy atom. The van der Waals surface area contributed by atoms with Crippen LogP contribution >= 0.6 is 0 Å². The van der Waals surface area contributed by atoms with E-state index >= 15 is 0 Å². The molecule has 1 aromatic carbocycles. The summed E-state index contributed by atoms with van der Waals surface area (Å²) >= 11 is 0. The number of hydrogen-bond acceptors (Lipinski definition) is 4. The Hall–Kier alpha value is -2.44. The largest absolute Gasteiger partial charge is 0.495 e. The zero-order valence-electron chi connectivity index (χ0n) is 10.4. The van der Waals surface area contributed by atoms with Crippen LogP contribution in [-0.2, 0) is 6.18 Å². The highest BCUT2D eigenvalue weighted by Crippen LogP contribution is 2.37.